The van der Waals surface area contributed by atoms with Gasteiger partial charge in [-0.25, -0.2) is 9.98 Å². The summed E-state index contributed by atoms with van der Waals surface area (Å²) in [5.74, 6) is 1.66. The molecule has 4 aliphatic rings. The number of aliphatic hydroxyl groups is 1. The van der Waals surface area contributed by atoms with Gasteiger partial charge >= 0.3 is 0 Å². The Hall–Kier alpha value is -2.97. The number of thiophene rings is 1. The van der Waals surface area contributed by atoms with Crippen LogP contribution in [0.5, 0.6) is 0 Å². The number of nitrogen functional groups attached to an aromatic ring is 2. The molecule has 3 fully saturated rings. The van der Waals surface area contributed by atoms with E-state index in [2.05, 4.69) is 26.6 Å². The van der Waals surface area contributed by atoms with E-state index >= 15 is 0 Å². The Kier molecular flexibility index (Phi) is 9.77. The molecule has 13 heteroatoms. The zero-order valence-corrected chi connectivity index (χ0v) is 28.3. The monoisotopic (exact) mass is 652 g/mol. The molecule has 0 saturated carbocycles. The first-order valence-electron chi connectivity index (χ1n) is 16.8. The number of piperidine rings is 1. The second-order valence-electron chi connectivity index (χ2n) is 13.9. The van der Waals surface area contributed by atoms with Crippen molar-refractivity contribution in [3.63, 3.8) is 0 Å². The maximum absolute atomic E-state index is 11.6. The average Bonchev–Trinajstić information content (AvgIpc) is 3.20. The van der Waals surface area contributed by atoms with Crippen molar-refractivity contribution in [1.82, 2.24) is 20.2 Å². The van der Waals surface area contributed by atoms with E-state index in [0.29, 0.717) is 27.7 Å². The molecule has 1 unspecified atom stereocenters. The Balaban J connectivity index is 1.31. The minimum absolute atomic E-state index is 0.0376. The van der Waals surface area contributed by atoms with Gasteiger partial charge in [0.25, 0.3) is 0 Å². The van der Waals surface area contributed by atoms with Crippen molar-refractivity contribution >= 4 is 39.6 Å². The van der Waals surface area contributed by atoms with Crippen LogP contribution in [0, 0.1) is 5.41 Å². The second kappa shape index (κ2) is 13.6. The molecule has 2 aromatic heterocycles. The predicted octanol–water partition coefficient (Wildman–Crippen LogP) is 2.31. The van der Waals surface area contributed by atoms with Gasteiger partial charge in [0.15, 0.2) is 6.23 Å². The molecule has 12 nitrogen and oxygen atoms in total. The van der Waals surface area contributed by atoms with Gasteiger partial charge in [0, 0.05) is 73.8 Å². The molecule has 3 aliphatic heterocycles. The minimum atomic E-state index is -1.11. The number of fused-ring (bicyclic) bond motifs is 1. The number of anilines is 4. The van der Waals surface area contributed by atoms with Gasteiger partial charge in [0.05, 0.1) is 11.7 Å². The predicted molar refractivity (Wildman–Crippen MR) is 188 cm³/mol. The number of aliphatic hydroxyl groups excluding tert-OH is 1. The summed E-state index contributed by atoms with van der Waals surface area (Å²) in [5.41, 5.74) is 21.0. The standard InChI is InChI=1S/C33H52N10O2S/c1-4-22-19-41(15-7-17-45-3)14-6-16-43(22)31-38-23(18-25(39-31)42-20-33(21-42)10-12-37-13-11-33)28(35)40-30(44)32(2)9-5-8-24-26(32)27(34)29(36)46-24/h4,18,22,30,37,44H,1,5-17,19-21,34,36H2,2-3H3,(H2,35,40)/t22-,30?,32-/m0/s1. The lowest BCUT2D eigenvalue weighted by Gasteiger charge is -2.53. The van der Waals surface area contributed by atoms with E-state index in [1.165, 1.54) is 24.2 Å². The number of amidine groups is 1. The van der Waals surface area contributed by atoms with Gasteiger partial charge in [-0.2, -0.15) is 4.98 Å². The first-order chi connectivity index (χ1) is 22.2. The molecule has 0 aromatic carbocycles. The smallest absolute Gasteiger partial charge is 0.228 e. The topological polar surface area (TPSA) is 167 Å². The van der Waals surface area contributed by atoms with Gasteiger partial charge in [-0.05, 0) is 64.6 Å². The third-order valence-corrected chi connectivity index (χ3v) is 11.7. The summed E-state index contributed by atoms with van der Waals surface area (Å²) >= 11 is 1.51. The fourth-order valence-electron chi connectivity index (χ4n) is 7.87. The van der Waals surface area contributed by atoms with Gasteiger partial charge in [0.1, 0.15) is 22.3 Å². The largest absolute Gasteiger partial charge is 0.396 e. The maximum Gasteiger partial charge on any atom is 0.228 e. The molecule has 0 radical (unpaired) electrons. The second-order valence-corrected chi connectivity index (χ2v) is 15.0. The molecule has 252 valence electrons. The lowest BCUT2D eigenvalue weighted by Crippen LogP contribution is -2.60. The molecular weight excluding hydrogens is 600 g/mol. The van der Waals surface area contributed by atoms with Crippen LogP contribution in [0.4, 0.5) is 22.5 Å². The van der Waals surface area contributed by atoms with E-state index < -0.39 is 11.6 Å². The third-order valence-electron chi connectivity index (χ3n) is 10.6. The summed E-state index contributed by atoms with van der Waals surface area (Å²) in [4.78, 5) is 23.0. The quantitative estimate of drug-likeness (QED) is 0.111. The molecule has 3 atom stereocenters. The van der Waals surface area contributed by atoms with Crippen LogP contribution >= 0.6 is 11.3 Å². The Morgan fingerprint density at radius 1 is 1.24 bits per heavy atom. The van der Waals surface area contributed by atoms with Crippen LogP contribution in [-0.2, 0) is 16.6 Å². The molecule has 2 aromatic rings. The fraction of sp³-hybridized carbons (Fsp3) is 0.667. The summed E-state index contributed by atoms with van der Waals surface area (Å²) in [6.45, 7) is 14.6. The van der Waals surface area contributed by atoms with Crippen LogP contribution in [0.25, 0.3) is 0 Å². The van der Waals surface area contributed by atoms with Crippen LogP contribution < -0.4 is 32.3 Å². The molecule has 5 heterocycles. The van der Waals surface area contributed by atoms with Crippen molar-refractivity contribution in [2.45, 2.75) is 69.6 Å². The number of aliphatic imine (C=N–C) groups is 1. The Morgan fingerprint density at radius 3 is 2.76 bits per heavy atom. The number of aryl methyl sites for hydroxylation is 1. The van der Waals surface area contributed by atoms with Crippen LogP contribution in [0.3, 0.4) is 0 Å². The zero-order chi connectivity index (χ0) is 32.5. The normalized spacial score (nSPS) is 26.0. The number of nitrogens with zero attached hydrogens (tertiary/aromatic N) is 6. The van der Waals surface area contributed by atoms with Crippen molar-refractivity contribution in [2.75, 3.05) is 87.3 Å². The number of nitrogens with two attached hydrogens (primary N) is 3. The number of ether oxygens (including phenoxy) is 1. The molecule has 0 bridgehead atoms. The SMILES string of the molecule is C=C[C@H]1CN(CCCOC)CCCN1c1nc(/C(N)=N/C(O)[C@@]2(C)CCCc3sc(N)c(N)c32)cc(N2CC3(CCNCC3)C2)n1. The molecule has 46 heavy (non-hydrogen) atoms. The van der Waals surface area contributed by atoms with Gasteiger partial charge in [0.2, 0.25) is 5.95 Å². The summed E-state index contributed by atoms with van der Waals surface area (Å²) < 4.78 is 5.30. The lowest BCUT2D eigenvalue weighted by atomic mass is 9.72. The molecule has 1 spiro atoms. The number of rotatable bonds is 10. The highest BCUT2D eigenvalue weighted by Crippen LogP contribution is 2.49. The number of nitrogens with one attached hydrogen (secondary N) is 1. The van der Waals surface area contributed by atoms with E-state index in [1.54, 1.807) is 7.11 Å². The van der Waals surface area contributed by atoms with Gasteiger partial charge < -0.3 is 47.1 Å². The summed E-state index contributed by atoms with van der Waals surface area (Å²) in [7, 11) is 1.75. The van der Waals surface area contributed by atoms with Crippen LogP contribution in [0.2, 0.25) is 0 Å². The molecular formula is C33H52N10O2S. The number of hydrogen-bond acceptors (Lipinski definition) is 12. The van der Waals surface area contributed by atoms with Crippen molar-refractivity contribution in [3.8, 4) is 0 Å². The Morgan fingerprint density at radius 2 is 2.02 bits per heavy atom. The van der Waals surface area contributed by atoms with Crippen LogP contribution in [0.15, 0.2) is 23.7 Å². The van der Waals surface area contributed by atoms with Gasteiger partial charge in [-0.15, -0.1) is 17.9 Å². The number of aromatic nitrogens is 2. The van der Waals surface area contributed by atoms with Gasteiger partial charge in [-0.1, -0.05) is 13.0 Å². The summed E-state index contributed by atoms with van der Waals surface area (Å²) in [6.07, 6.45) is 7.76. The third kappa shape index (κ3) is 6.44. The molecule has 3 saturated heterocycles. The minimum Gasteiger partial charge on any atom is -0.396 e. The Bertz CT molecular complexity index is 1420. The first kappa shape index (κ1) is 33.0. The molecule has 1 aliphatic carbocycles. The van der Waals surface area contributed by atoms with E-state index in [4.69, 9.17) is 36.9 Å². The first-order valence-corrected chi connectivity index (χ1v) is 17.6. The fourth-order valence-corrected chi connectivity index (χ4v) is 9.04. The average molecular weight is 653 g/mol. The zero-order valence-electron chi connectivity index (χ0n) is 27.5. The van der Waals surface area contributed by atoms with Crippen LogP contribution in [0.1, 0.15) is 61.6 Å². The summed E-state index contributed by atoms with van der Waals surface area (Å²) in [5, 5.41) is 15.7. The maximum atomic E-state index is 11.6. The number of hydrogen-bond donors (Lipinski definition) is 5. The van der Waals surface area contributed by atoms with E-state index in [-0.39, 0.29) is 11.9 Å². The van der Waals surface area contributed by atoms with E-state index in [0.717, 1.165) is 107 Å². The molecule has 0 amide bonds. The summed E-state index contributed by atoms with van der Waals surface area (Å²) in [6, 6.07) is 1.97. The van der Waals surface area contributed by atoms with Crippen molar-refractivity contribution in [1.29, 1.82) is 0 Å². The van der Waals surface area contributed by atoms with Crippen molar-refractivity contribution in [2.24, 2.45) is 16.1 Å². The molecule has 8 N–H and O–H groups in total. The highest BCUT2D eigenvalue weighted by molar-refractivity contribution is 7.16. The van der Waals surface area contributed by atoms with Gasteiger partial charge in [-0.3, -0.25) is 0 Å². The van der Waals surface area contributed by atoms with Crippen molar-refractivity contribution < 1.29 is 9.84 Å². The van der Waals surface area contributed by atoms with E-state index in [1.807, 2.05) is 19.1 Å². The van der Waals surface area contributed by atoms with Crippen molar-refractivity contribution in [3.05, 3.63) is 34.9 Å². The van der Waals surface area contributed by atoms with E-state index in [9.17, 15) is 5.11 Å². The Labute approximate surface area is 277 Å². The lowest BCUT2D eigenvalue weighted by molar-refractivity contribution is 0.0875. The van der Waals surface area contributed by atoms with Crippen LogP contribution in [-0.4, -0.2) is 104 Å². The molecule has 6 rings (SSSR count). The number of methoxy groups -OCH3 is 1. The highest BCUT2D eigenvalue weighted by atomic mass is 32.1. The highest BCUT2D eigenvalue weighted by Gasteiger charge is 2.45.